The number of nitro benzene ring substituents is 1. The number of nitrogens with one attached hydrogen (secondary N) is 1. The molecule has 0 radical (unpaired) electrons. The van der Waals surface area contributed by atoms with Crippen LogP contribution in [-0.2, 0) is 4.79 Å². The van der Waals surface area contributed by atoms with Gasteiger partial charge in [-0.05, 0) is 31.9 Å². The van der Waals surface area contributed by atoms with E-state index in [-0.39, 0.29) is 17.3 Å². The fourth-order valence-electron chi connectivity index (χ4n) is 1.63. The van der Waals surface area contributed by atoms with E-state index < -0.39 is 10.8 Å². The molecule has 0 saturated heterocycles. The van der Waals surface area contributed by atoms with Crippen LogP contribution < -0.4 is 5.32 Å². The summed E-state index contributed by atoms with van der Waals surface area (Å²) >= 11 is 0. The minimum atomic E-state index is -0.488. The van der Waals surface area contributed by atoms with Crippen LogP contribution in [0, 0.1) is 28.4 Å². The minimum Gasteiger partial charge on any atom is -0.349 e. The zero-order chi connectivity index (χ0) is 16.0. The van der Waals surface area contributed by atoms with Gasteiger partial charge in [0.1, 0.15) is 11.6 Å². The Bertz CT molecular complexity index is 630. The summed E-state index contributed by atoms with van der Waals surface area (Å²) < 4.78 is 0. The first-order valence-electron chi connectivity index (χ1n) is 6.56. The third kappa shape index (κ3) is 4.42. The van der Waals surface area contributed by atoms with Crippen molar-refractivity contribution in [2.24, 2.45) is 0 Å². The molecule has 1 amide bonds. The lowest BCUT2D eigenvalue weighted by Gasteiger charge is -2.10. The highest BCUT2D eigenvalue weighted by Crippen LogP contribution is 2.20. The molecule has 0 heterocycles. The molecule has 0 unspecified atom stereocenters. The minimum absolute atomic E-state index is 0.0385. The fraction of sp³-hybridized carbons (Fsp3) is 0.333. The van der Waals surface area contributed by atoms with Crippen LogP contribution in [0.5, 0.6) is 0 Å². The first-order valence-corrected chi connectivity index (χ1v) is 6.56. The quantitative estimate of drug-likeness (QED) is 0.390. The van der Waals surface area contributed by atoms with Crippen LogP contribution in [0.15, 0.2) is 23.8 Å². The summed E-state index contributed by atoms with van der Waals surface area (Å²) in [6, 6.07) is 6.36. The number of hydrogen-bond acceptors (Lipinski definition) is 4. The van der Waals surface area contributed by atoms with Crippen LogP contribution in [-0.4, -0.2) is 16.9 Å². The number of carbonyl (C=O) groups excluding carboxylic acids is 1. The lowest BCUT2D eigenvalue weighted by molar-refractivity contribution is -0.385. The zero-order valence-corrected chi connectivity index (χ0v) is 12.2. The number of aryl methyl sites for hydroxylation is 1. The lowest BCUT2D eigenvalue weighted by Crippen LogP contribution is -2.32. The van der Waals surface area contributed by atoms with Crippen molar-refractivity contribution in [3.63, 3.8) is 0 Å². The van der Waals surface area contributed by atoms with Gasteiger partial charge in [0, 0.05) is 17.7 Å². The highest BCUT2D eigenvalue weighted by atomic mass is 16.6. The van der Waals surface area contributed by atoms with Crippen LogP contribution in [0.25, 0.3) is 6.08 Å². The van der Waals surface area contributed by atoms with Gasteiger partial charge in [0.05, 0.1) is 4.92 Å². The van der Waals surface area contributed by atoms with E-state index in [1.807, 2.05) is 19.9 Å². The van der Waals surface area contributed by atoms with E-state index in [0.29, 0.717) is 11.1 Å². The number of hydrogen-bond donors (Lipinski definition) is 1. The van der Waals surface area contributed by atoms with Crippen molar-refractivity contribution < 1.29 is 9.72 Å². The normalized spacial score (nSPS) is 12.4. The highest BCUT2D eigenvalue weighted by molar-refractivity contribution is 6.01. The van der Waals surface area contributed by atoms with Crippen molar-refractivity contribution in [1.82, 2.24) is 5.32 Å². The van der Waals surface area contributed by atoms with E-state index >= 15 is 0 Å². The number of rotatable bonds is 5. The van der Waals surface area contributed by atoms with Gasteiger partial charge in [-0.25, -0.2) is 0 Å². The van der Waals surface area contributed by atoms with Crippen molar-refractivity contribution in [2.45, 2.75) is 33.2 Å². The molecule has 1 atom stereocenters. The van der Waals surface area contributed by atoms with E-state index in [1.54, 1.807) is 19.1 Å². The van der Waals surface area contributed by atoms with Crippen LogP contribution >= 0.6 is 0 Å². The van der Waals surface area contributed by atoms with Crippen molar-refractivity contribution in [2.75, 3.05) is 0 Å². The monoisotopic (exact) mass is 287 g/mol. The van der Waals surface area contributed by atoms with Crippen LogP contribution in [0.3, 0.4) is 0 Å². The summed E-state index contributed by atoms with van der Waals surface area (Å²) in [5, 5.41) is 22.6. The second-order valence-electron chi connectivity index (χ2n) is 4.76. The molecule has 0 aliphatic carbocycles. The van der Waals surface area contributed by atoms with E-state index in [1.165, 1.54) is 12.1 Å². The standard InChI is InChI=1S/C15H17N3O3/c1-4-11(3)17-15(19)13(9-16)7-12-6-5-10(2)14(8-12)18(20)21/h5-8,11H,4H2,1-3H3,(H,17,19)/b13-7+/t11-/m1/s1. The number of benzene rings is 1. The maximum absolute atomic E-state index is 11.9. The van der Waals surface area contributed by atoms with Gasteiger partial charge in [-0.2, -0.15) is 5.26 Å². The molecule has 0 spiro atoms. The van der Waals surface area contributed by atoms with Crippen molar-refractivity contribution >= 4 is 17.7 Å². The number of amides is 1. The van der Waals surface area contributed by atoms with Gasteiger partial charge in [-0.15, -0.1) is 0 Å². The molecule has 1 N–H and O–H groups in total. The molecule has 0 fully saturated rings. The van der Waals surface area contributed by atoms with Crippen LogP contribution in [0.2, 0.25) is 0 Å². The zero-order valence-electron chi connectivity index (χ0n) is 12.2. The van der Waals surface area contributed by atoms with Gasteiger partial charge in [0.2, 0.25) is 0 Å². The number of carbonyl (C=O) groups is 1. The van der Waals surface area contributed by atoms with Gasteiger partial charge in [0.15, 0.2) is 0 Å². The lowest BCUT2D eigenvalue weighted by atomic mass is 10.1. The maximum Gasteiger partial charge on any atom is 0.272 e. The Morgan fingerprint density at radius 1 is 1.57 bits per heavy atom. The Hall–Kier alpha value is -2.68. The predicted octanol–water partition coefficient (Wildman–Crippen LogP) is 2.72. The average molecular weight is 287 g/mol. The van der Waals surface area contributed by atoms with Crippen LogP contribution in [0.4, 0.5) is 5.69 Å². The molecule has 1 aromatic carbocycles. The molecular weight excluding hydrogens is 270 g/mol. The summed E-state index contributed by atoms with van der Waals surface area (Å²) in [7, 11) is 0. The second-order valence-corrected chi connectivity index (χ2v) is 4.76. The van der Waals surface area contributed by atoms with Gasteiger partial charge in [-0.1, -0.05) is 19.1 Å². The first kappa shape index (κ1) is 16.4. The molecular formula is C15H17N3O3. The van der Waals surface area contributed by atoms with Gasteiger partial charge in [-0.3, -0.25) is 14.9 Å². The fourth-order valence-corrected chi connectivity index (χ4v) is 1.63. The molecule has 0 aliphatic heterocycles. The third-order valence-electron chi connectivity index (χ3n) is 3.10. The second kappa shape index (κ2) is 7.20. The molecule has 0 aromatic heterocycles. The van der Waals surface area contributed by atoms with Crippen molar-refractivity contribution in [1.29, 1.82) is 5.26 Å². The number of nitrogens with zero attached hydrogens (tertiary/aromatic N) is 2. The Morgan fingerprint density at radius 3 is 2.76 bits per heavy atom. The van der Waals surface area contributed by atoms with E-state index in [9.17, 15) is 14.9 Å². The van der Waals surface area contributed by atoms with Gasteiger partial charge < -0.3 is 5.32 Å². The predicted molar refractivity (Wildman–Crippen MR) is 79.3 cm³/mol. The van der Waals surface area contributed by atoms with Crippen molar-refractivity contribution in [3.05, 3.63) is 45.0 Å². The molecule has 1 rings (SSSR count). The van der Waals surface area contributed by atoms with Gasteiger partial charge >= 0.3 is 0 Å². The molecule has 110 valence electrons. The third-order valence-corrected chi connectivity index (χ3v) is 3.10. The molecule has 1 aromatic rings. The summed E-state index contributed by atoms with van der Waals surface area (Å²) in [6.45, 7) is 5.39. The molecule has 6 heteroatoms. The Kier molecular flexibility index (Phi) is 5.61. The van der Waals surface area contributed by atoms with E-state index in [2.05, 4.69) is 5.32 Å². The molecule has 0 bridgehead atoms. The number of nitriles is 1. The smallest absolute Gasteiger partial charge is 0.272 e. The molecule has 0 saturated carbocycles. The molecule has 6 nitrogen and oxygen atoms in total. The van der Waals surface area contributed by atoms with Crippen LogP contribution in [0.1, 0.15) is 31.4 Å². The van der Waals surface area contributed by atoms with Crippen molar-refractivity contribution in [3.8, 4) is 6.07 Å². The Balaban J connectivity index is 3.09. The summed E-state index contributed by atoms with van der Waals surface area (Å²) in [5.74, 6) is -0.477. The molecule has 0 aliphatic rings. The molecule has 21 heavy (non-hydrogen) atoms. The summed E-state index contributed by atoms with van der Waals surface area (Å²) in [4.78, 5) is 22.3. The SMILES string of the molecule is CC[C@@H](C)NC(=O)/C(C#N)=C/c1ccc(C)c([N+](=O)[O-])c1. The first-order chi connectivity index (χ1) is 9.88. The Labute approximate surface area is 123 Å². The topological polar surface area (TPSA) is 96.0 Å². The summed E-state index contributed by atoms with van der Waals surface area (Å²) in [6.07, 6.45) is 2.10. The Morgan fingerprint density at radius 2 is 2.24 bits per heavy atom. The largest absolute Gasteiger partial charge is 0.349 e. The number of nitro groups is 1. The maximum atomic E-state index is 11.9. The van der Waals surface area contributed by atoms with Gasteiger partial charge in [0.25, 0.3) is 11.6 Å². The highest BCUT2D eigenvalue weighted by Gasteiger charge is 2.14. The average Bonchev–Trinajstić information content (AvgIpc) is 2.45. The summed E-state index contributed by atoms with van der Waals surface area (Å²) in [5.41, 5.74) is 0.861. The van der Waals surface area contributed by atoms with E-state index in [4.69, 9.17) is 5.26 Å². The van der Waals surface area contributed by atoms with E-state index in [0.717, 1.165) is 6.42 Å².